The highest BCUT2D eigenvalue weighted by Gasteiger charge is 2.34. The Hall–Kier alpha value is -2.66. The van der Waals surface area contributed by atoms with Crippen molar-refractivity contribution in [3.63, 3.8) is 0 Å². The molecule has 5 heteroatoms. The highest BCUT2D eigenvalue weighted by atomic mass is 16.2. The number of hydrogen-bond donors (Lipinski definition) is 1. The molecule has 0 bridgehead atoms. The number of benzene rings is 2. The molecule has 2 aromatic carbocycles. The van der Waals surface area contributed by atoms with Crippen LogP contribution in [0.15, 0.2) is 54.6 Å². The van der Waals surface area contributed by atoms with Gasteiger partial charge in [-0.05, 0) is 42.6 Å². The first-order valence-corrected chi connectivity index (χ1v) is 10.6. The highest BCUT2D eigenvalue weighted by molar-refractivity contribution is 5.98. The average molecular weight is 394 g/mol. The second-order valence-electron chi connectivity index (χ2n) is 7.63. The Balaban J connectivity index is 1.82. The van der Waals surface area contributed by atoms with E-state index in [1.807, 2.05) is 35.2 Å². The Kier molecular flexibility index (Phi) is 7.42. The van der Waals surface area contributed by atoms with Gasteiger partial charge in [-0.3, -0.25) is 9.59 Å². The summed E-state index contributed by atoms with van der Waals surface area (Å²) in [7, 11) is 0. The zero-order chi connectivity index (χ0) is 20.6. The molecule has 0 spiro atoms. The van der Waals surface area contributed by atoms with Crippen LogP contribution >= 0.6 is 0 Å². The Bertz CT molecular complexity index is 822. The summed E-state index contributed by atoms with van der Waals surface area (Å²) in [5.74, 6) is 0.0200. The van der Waals surface area contributed by atoms with Crippen molar-refractivity contribution in [3.05, 3.63) is 54.6 Å². The molecule has 1 atom stereocenters. The van der Waals surface area contributed by atoms with Gasteiger partial charge >= 0.3 is 0 Å². The van der Waals surface area contributed by atoms with E-state index in [-0.39, 0.29) is 24.4 Å². The number of carbonyl (C=O) groups excluding carboxylic acids is 2. The monoisotopic (exact) mass is 393 g/mol. The molecule has 0 unspecified atom stereocenters. The summed E-state index contributed by atoms with van der Waals surface area (Å²) in [5.41, 5.74) is 8.67. The van der Waals surface area contributed by atoms with Crippen molar-refractivity contribution in [3.8, 4) is 11.1 Å². The second-order valence-corrected chi connectivity index (χ2v) is 7.63. The van der Waals surface area contributed by atoms with Crippen LogP contribution in [0.1, 0.15) is 39.0 Å². The molecule has 1 aliphatic rings. The summed E-state index contributed by atoms with van der Waals surface area (Å²) in [5, 5.41) is 0. The van der Waals surface area contributed by atoms with Crippen LogP contribution in [0, 0.1) is 0 Å². The van der Waals surface area contributed by atoms with Gasteiger partial charge in [0.05, 0.1) is 6.04 Å². The van der Waals surface area contributed by atoms with E-state index in [0.29, 0.717) is 25.9 Å². The van der Waals surface area contributed by atoms with E-state index in [0.717, 1.165) is 36.1 Å². The van der Waals surface area contributed by atoms with Gasteiger partial charge in [-0.2, -0.15) is 0 Å². The molecular weight excluding hydrogens is 362 g/mol. The number of unbranched alkanes of at least 4 members (excludes halogenated alkanes) is 1. The molecule has 0 radical (unpaired) electrons. The number of amides is 2. The van der Waals surface area contributed by atoms with Crippen molar-refractivity contribution in [2.45, 2.75) is 45.1 Å². The zero-order valence-electron chi connectivity index (χ0n) is 17.2. The predicted octanol–water partition coefficient (Wildman–Crippen LogP) is 3.83. The number of anilines is 1. The summed E-state index contributed by atoms with van der Waals surface area (Å²) in [6.45, 7) is 3.33. The molecule has 1 fully saturated rings. The van der Waals surface area contributed by atoms with Gasteiger partial charge in [0, 0.05) is 18.7 Å². The topological polar surface area (TPSA) is 66.6 Å². The lowest BCUT2D eigenvalue weighted by molar-refractivity contribution is -0.140. The van der Waals surface area contributed by atoms with E-state index in [2.05, 4.69) is 31.2 Å². The minimum atomic E-state index is -0.0240. The van der Waals surface area contributed by atoms with Crippen molar-refractivity contribution in [2.24, 2.45) is 5.73 Å². The number of carbonyl (C=O) groups is 2. The van der Waals surface area contributed by atoms with Crippen LogP contribution in [0.3, 0.4) is 0 Å². The van der Waals surface area contributed by atoms with Gasteiger partial charge in [0.15, 0.2) is 0 Å². The number of piperazine rings is 1. The fourth-order valence-electron chi connectivity index (χ4n) is 3.88. The van der Waals surface area contributed by atoms with E-state index in [1.165, 1.54) is 0 Å². The van der Waals surface area contributed by atoms with Crippen LogP contribution in [0.25, 0.3) is 11.1 Å². The largest absolute Gasteiger partial charge is 0.330 e. The van der Waals surface area contributed by atoms with E-state index < -0.39 is 0 Å². The van der Waals surface area contributed by atoms with E-state index in [4.69, 9.17) is 5.73 Å². The maximum absolute atomic E-state index is 13.0. The van der Waals surface area contributed by atoms with Gasteiger partial charge in [-0.25, -0.2) is 0 Å². The molecule has 1 aliphatic heterocycles. The first-order chi connectivity index (χ1) is 14.1. The van der Waals surface area contributed by atoms with Crippen molar-refractivity contribution in [2.75, 3.05) is 24.5 Å². The minimum Gasteiger partial charge on any atom is -0.330 e. The van der Waals surface area contributed by atoms with Crippen LogP contribution in [0.2, 0.25) is 0 Å². The molecule has 2 amide bonds. The molecule has 29 heavy (non-hydrogen) atoms. The Morgan fingerprint density at radius 3 is 2.55 bits per heavy atom. The molecule has 0 aromatic heterocycles. The van der Waals surface area contributed by atoms with E-state index in [9.17, 15) is 9.59 Å². The molecule has 5 nitrogen and oxygen atoms in total. The van der Waals surface area contributed by atoms with Crippen LogP contribution in [0.5, 0.6) is 0 Å². The Morgan fingerprint density at radius 1 is 1.07 bits per heavy atom. The molecule has 2 N–H and O–H groups in total. The molecule has 1 saturated heterocycles. The van der Waals surface area contributed by atoms with Crippen molar-refractivity contribution < 1.29 is 9.59 Å². The second kappa shape index (κ2) is 10.2. The standard InChI is InChI=1S/C24H31N3O2/c1-2-3-12-22-17-26(24(29)18-27(22)23(28)14-8-15-25)21-13-7-11-20(16-21)19-9-5-4-6-10-19/h4-7,9-11,13,16,22H,2-3,8,12,14-15,17-18,25H2,1H3/t22-/m1/s1. The maximum Gasteiger partial charge on any atom is 0.246 e. The van der Waals surface area contributed by atoms with Gasteiger partial charge in [-0.1, -0.05) is 62.2 Å². The first kappa shape index (κ1) is 21.1. The van der Waals surface area contributed by atoms with E-state index >= 15 is 0 Å². The lowest BCUT2D eigenvalue weighted by Crippen LogP contribution is -2.58. The van der Waals surface area contributed by atoms with Gasteiger partial charge in [-0.15, -0.1) is 0 Å². The molecule has 154 valence electrons. The molecular formula is C24H31N3O2. The third-order valence-electron chi connectivity index (χ3n) is 5.51. The fourth-order valence-corrected chi connectivity index (χ4v) is 3.88. The zero-order valence-corrected chi connectivity index (χ0v) is 17.2. The Labute approximate surface area is 173 Å². The number of nitrogens with two attached hydrogens (primary N) is 1. The minimum absolute atomic E-state index is 0.0240. The predicted molar refractivity (Wildman–Crippen MR) is 118 cm³/mol. The number of hydrogen-bond acceptors (Lipinski definition) is 3. The number of rotatable bonds is 8. The normalized spacial score (nSPS) is 16.9. The van der Waals surface area contributed by atoms with Crippen LogP contribution in [0.4, 0.5) is 5.69 Å². The summed E-state index contributed by atoms with van der Waals surface area (Å²) in [6.07, 6.45) is 4.09. The number of nitrogens with zero attached hydrogens (tertiary/aromatic N) is 2. The van der Waals surface area contributed by atoms with Gasteiger partial charge in [0.2, 0.25) is 11.8 Å². The summed E-state index contributed by atoms with van der Waals surface area (Å²) < 4.78 is 0. The van der Waals surface area contributed by atoms with Gasteiger partial charge in [0.25, 0.3) is 0 Å². The smallest absolute Gasteiger partial charge is 0.246 e. The molecule has 2 aromatic rings. The van der Waals surface area contributed by atoms with Crippen molar-refractivity contribution >= 4 is 17.5 Å². The lowest BCUT2D eigenvalue weighted by atomic mass is 10.0. The van der Waals surface area contributed by atoms with Crippen LogP contribution in [-0.4, -0.2) is 42.4 Å². The first-order valence-electron chi connectivity index (χ1n) is 10.6. The molecule has 0 aliphatic carbocycles. The Morgan fingerprint density at radius 2 is 1.83 bits per heavy atom. The van der Waals surface area contributed by atoms with Crippen LogP contribution < -0.4 is 10.6 Å². The van der Waals surface area contributed by atoms with E-state index in [1.54, 1.807) is 4.90 Å². The van der Waals surface area contributed by atoms with Crippen LogP contribution in [-0.2, 0) is 9.59 Å². The summed E-state index contributed by atoms with van der Waals surface area (Å²) in [4.78, 5) is 29.2. The third kappa shape index (κ3) is 5.24. The third-order valence-corrected chi connectivity index (χ3v) is 5.51. The molecule has 3 rings (SSSR count). The average Bonchev–Trinajstić information content (AvgIpc) is 2.77. The highest BCUT2D eigenvalue weighted by Crippen LogP contribution is 2.28. The van der Waals surface area contributed by atoms with Crippen molar-refractivity contribution in [1.82, 2.24) is 4.90 Å². The van der Waals surface area contributed by atoms with Crippen molar-refractivity contribution in [1.29, 1.82) is 0 Å². The SMILES string of the molecule is CCCC[C@@H]1CN(c2cccc(-c3ccccc3)c2)C(=O)CN1C(=O)CCCN. The lowest BCUT2D eigenvalue weighted by Gasteiger charge is -2.41. The quantitative estimate of drug-likeness (QED) is 0.741. The van der Waals surface area contributed by atoms with Gasteiger partial charge in [0.1, 0.15) is 6.54 Å². The summed E-state index contributed by atoms with van der Waals surface area (Å²) in [6, 6.07) is 18.3. The van der Waals surface area contributed by atoms with Gasteiger partial charge < -0.3 is 15.5 Å². The molecule has 0 saturated carbocycles. The fraction of sp³-hybridized carbons (Fsp3) is 0.417. The summed E-state index contributed by atoms with van der Waals surface area (Å²) >= 11 is 0. The maximum atomic E-state index is 13.0. The molecule has 1 heterocycles.